The van der Waals surface area contributed by atoms with Crippen LogP contribution in [0.25, 0.3) is 0 Å². The number of hydrogen-bond donors (Lipinski definition) is 1. The molecule has 2 saturated heterocycles. The number of halogens is 1. The van der Waals surface area contributed by atoms with Crippen LogP contribution in [0.1, 0.15) is 43.0 Å². The molecule has 0 aromatic heterocycles. The quantitative estimate of drug-likeness (QED) is 0.826. The zero-order valence-corrected chi connectivity index (χ0v) is 16.0. The summed E-state index contributed by atoms with van der Waals surface area (Å²) in [5.41, 5.74) is 0.579. The largest absolute Gasteiger partial charge is 0.492 e. The smallest absolute Gasteiger partial charge is 0.251 e. The number of amides is 1. The molecule has 142 valence electrons. The van der Waals surface area contributed by atoms with Gasteiger partial charge >= 0.3 is 0 Å². The van der Waals surface area contributed by atoms with Crippen LogP contribution >= 0.6 is 11.6 Å². The maximum Gasteiger partial charge on any atom is 0.251 e. The van der Waals surface area contributed by atoms with E-state index in [0.717, 1.165) is 38.5 Å². The van der Waals surface area contributed by atoms with Crippen molar-refractivity contribution in [3.8, 4) is 5.75 Å². The lowest BCUT2D eigenvalue weighted by atomic mass is 10.1. The monoisotopic (exact) mass is 378 g/mol. The van der Waals surface area contributed by atoms with Crippen molar-refractivity contribution < 1.29 is 14.3 Å². The Bertz CT molecular complexity index is 664. The molecular weight excluding hydrogens is 352 g/mol. The molecule has 4 rings (SSSR count). The van der Waals surface area contributed by atoms with Gasteiger partial charge in [0.05, 0.1) is 24.3 Å². The van der Waals surface area contributed by atoms with Crippen LogP contribution in [-0.2, 0) is 4.74 Å². The number of ether oxygens (including phenoxy) is 2. The van der Waals surface area contributed by atoms with Gasteiger partial charge in [0.15, 0.2) is 0 Å². The van der Waals surface area contributed by atoms with E-state index in [1.165, 1.54) is 12.8 Å². The second-order valence-corrected chi connectivity index (χ2v) is 8.12. The maximum atomic E-state index is 12.6. The Kier molecular flexibility index (Phi) is 5.39. The van der Waals surface area contributed by atoms with E-state index < -0.39 is 0 Å². The summed E-state index contributed by atoms with van der Waals surface area (Å²) in [6, 6.07) is 5.85. The molecule has 1 amide bonds. The highest BCUT2D eigenvalue weighted by Gasteiger charge is 2.42. The first-order valence-corrected chi connectivity index (χ1v) is 10.1. The molecule has 3 aliphatic rings. The minimum absolute atomic E-state index is 0.0709. The molecule has 2 heterocycles. The summed E-state index contributed by atoms with van der Waals surface area (Å²) >= 11 is 6.25. The summed E-state index contributed by atoms with van der Waals surface area (Å²) in [5.74, 6) is 1.32. The molecule has 0 radical (unpaired) electrons. The average molecular weight is 379 g/mol. The van der Waals surface area contributed by atoms with Gasteiger partial charge in [-0.3, -0.25) is 9.69 Å². The van der Waals surface area contributed by atoms with Crippen LogP contribution in [0.5, 0.6) is 5.75 Å². The summed E-state index contributed by atoms with van der Waals surface area (Å²) in [4.78, 5) is 15.1. The lowest BCUT2D eigenvalue weighted by Gasteiger charge is -2.35. The molecule has 6 heteroatoms. The van der Waals surface area contributed by atoms with Crippen LogP contribution in [0.4, 0.5) is 0 Å². The van der Waals surface area contributed by atoms with E-state index >= 15 is 0 Å². The highest BCUT2D eigenvalue weighted by Crippen LogP contribution is 2.38. The van der Waals surface area contributed by atoms with E-state index in [0.29, 0.717) is 35.1 Å². The van der Waals surface area contributed by atoms with Gasteiger partial charge in [0.25, 0.3) is 5.91 Å². The van der Waals surface area contributed by atoms with Crippen LogP contribution in [0.15, 0.2) is 18.2 Å². The lowest BCUT2D eigenvalue weighted by molar-refractivity contribution is -0.0581. The topological polar surface area (TPSA) is 50.8 Å². The predicted octanol–water partition coefficient (Wildman–Crippen LogP) is 3.11. The summed E-state index contributed by atoms with van der Waals surface area (Å²) < 4.78 is 11.6. The molecule has 26 heavy (non-hydrogen) atoms. The Balaban J connectivity index is 1.33. The van der Waals surface area contributed by atoms with Gasteiger partial charge in [-0.05, 0) is 49.8 Å². The Morgan fingerprint density at radius 1 is 1.38 bits per heavy atom. The second kappa shape index (κ2) is 7.75. The number of hydrogen-bond acceptors (Lipinski definition) is 4. The number of benzene rings is 1. The normalized spacial score (nSPS) is 28.6. The third-order valence-electron chi connectivity index (χ3n) is 5.58. The molecule has 0 bridgehead atoms. The van der Waals surface area contributed by atoms with E-state index in [2.05, 4.69) is 10.2 Å². The van der Waals surface area contributed by atoms with E-state index in [1.54, 1.807) is 18.2 Å². The zero-order valence-electron chi connectivity index (χ0n) is 15.2. The highest BCUT2D eigenvalue weighted by atomic mass is 35.5. The molecule has 1 aliphatic carbocycles. The molecule has 0 spiro atoms. The Labute approximate surface area is 160 Å². The number of carbonyl (C=O) groups excluding carboxylic acids is 1. The van der Waals surface area contributed by atoms with Gasteiger partial charge < -0.3 is 14.8 Å². The third-order valence-corrected chi connectivity index (χ3v) is 5.88. The van der Waals surface area contributed by atoms with Crippen molar-refractivity contribution in [3.63, 3.8) is 0 Å². The predicted molar refractivity (Wildman–Crippen MR) is 101 cm³/mol. The molecule has 1 aromatic carbocycles. The molecule has 2 aliphatic heterocycles. The van der Waals surface area contributed by atoms with Gasteiger partial charge in [-0.1, -0.05) is 18.5 Å². The minimum atomic E-state index is -0.0709. The first-order chi connectivity index (χ1) is 12.6. The molecule has 0 unspecified atom stereocenters. The van der Waals surface area contributed by atoms with E-state index in [9.17, 15) is 4.79 Å². The zero-order chi connectivity index (χ0) is 18.1. The van der Waals surface area contributed by atoms with Crippen molar-refractivity contribution in [2.24, 2.45) is 5.92 Å². The SMILES string of the molecule is CCCOc1ccc(C(=O)N[C@@H]2C[C@H]3CO[C@@H](C4CC4)CN3C2)cc1Cl. The maximum absolute atomic E-state index is 12.6. The van der Waals surface area contributed by atoms with Crippen molar-refractivity contribution in [3.05, 3.63) is 28.8 Å². The van der Waals surface area contributed by atoms with Crippen LogP contribution < -0.4 is 10.1 Å². The first kappa shape index (κ1) is 18.1. The van der Waals surface area contributed by atoms with Crippen LogP contribution in [-0.4, -0.2) is 55.3 Å². The van der Waals surface area contributed by atoms with Crippen molar-refractivity contribution in [2.75, 3.05) is 26.3 Å². The Morgan fingerprint density at radius 3 is 2.96 bits per heavy atom. The standard InChI is InChI=1S/C20H27ClN2O3/c1-2-7-25-18-6-5-14(8-17(18)21)20(24)22-15-9-16-12-26-19(13-3-4-13)11-23(16)10-15/h5-6,8,13,15-16,19H,2-4,7,9-12H2,1H3,(H,22,24)/t15-,16+,19-/m1/s1. The molecule has 1 aromatic rings. The Hall–Kier alpha value is -1.30. The number of morpholine rings is 1. The fourth-order valence-electron chi connectivity index (χ4n) is 4.00. The van der Waals surface area contributed by atoms with Crippen molar-refractivity contribution in [1.29, 1.82) is 0 Å². The molecule has 5 nitrogen and oxygen atoms in total. The van der Waals surface area contributed by atoms with E-state index in [-0.39, 0.29) is 11.9 Å². The van der Waals surface area contributed by atoms with E-state index in [4.69, 9.17) is 21.1 Å². The number of rotatable bonds is 6. The number of carbonyl (C=O) groups is 1. The van der Waals surface area contributed by atoms with E-state index in [1.807, 2.05) is 6.92 Å². The van der Waals surface area contributed by atoms with Gasteiger partial charge in [-0.15, -0.1) is 0 Å². The fourth-order valence-corrected chi connectivity index (χ4v) is 4.23. The molecule has 3 atom stereocenters. The molecule has 1 saturated carbocycles. The fraction of sp³-hybridized carbons (Fsp3) is 0.650. The van der Waals surface area contributed by atoms with Crippen molar-refractivity contribution >= 4 is 17.5 Å². The Morgan fingerprint density at radius 2 is 2.23 bits per heavy atom. The van der Waals surface area contributed by atoms with Crippen LogP contribution in [0, 0.1) is 5.92 Å². The van der Waals surface area contributed by atoms with Gasteiger partial charge in [0, 0.05) is 30.7 Å². The second-order valence-electron chi connectivity index (χ2n) is 7.72. The first-order valence-electron chi connectivity index (χ1n) is 9.73. The van der Waals surface area contributed by atoms with Gasteiger partial charge in [-0.25, -0.2) is 0 Å². The average Bonchev–Trinajstić information content (AvgIpc) is 3.40. The third kappa shape index (κ3) is 4.00. The van der Waals surface area contributed by atoms with Crippen LogP contribution in [0.3, 0.4) is 0 Å². The summed E-state index contributed by atoms with van der Waals surface area (Å²) in [5, 5.41) is 3.65. The summed E-state index contributed by atoms with van der Waals surface area (Å²) in [7, 11) is 0. The van der Waals surface area contributed by atoms with Crippen LogP contribution in [0.2, 0.25) is 5.02 Å². The highest BCUT2D eigenvalue weighted by molar-refractivity contribution is 6.32. The lowest BCUT2D eigenvalue weighted by Crippen LogP contribution is -2.47. The number of nitrogens with zero attached hydrogens (tertiary/aromatic N) is 1. The molecule has 1 N–H and O–H groups in total. The van der Waals surface area contributed by atoms with Gasteiger partial charge in [0.1, 0.15) is 5.75 Å². The number of fused-ring (bicyclic) bond motifs is 1. The summed E-state index contributed by atoms with van der Waals surface area (Å²) in [6.07, 6.45) is 4.89. The summed E-state index contributed by atoms with van der Waals surface area (Å²) in [6.45, 7) is 5.38. The van der Waals surface area contributed by atoms with Gasteiger partial charge in [0.2, 0.25) is 0 Å². The van der Waals surface area contributed by atoms with Crippen molar-refractivity contribution in [2.45, 2.75) is 50.8 Å². The minimum Gasteiger partial charge on any atom is -0.492 e. The van der Waals surface area contributed by atoms with Gasteiger partial charge in [-0.2, -0.15) is 0 Å². The molecular formula is C20H27ClN2O3. The van der Waals surface area contributed by atoms with Crippen molar-refractivity contribution in [1.82, 2.24) is 10.2 Å². The molecule has 3 fully saturated rings. The number of nitrogens with one attached hydrogen (secondary N) is 1.